The molecular formula is C45H78O6. The van der Waals surface area contributed by atoms with E-state index in [0.29, 0.717) is 19.3 Å². The van der Waals surface area contributed by atoms with E-state index in [1.54, 1.807) is 6.08 Å². The number of esters is 2. The van der Waals surface area contributed by atoms with Crippen LogP contribution in [-0.2, 0) is 23.9 Å². The van der Waals surface area contributed by atoms with Gasteiger partial charge in [-0.15, -0.1) is 0 Å². The van der Waals surface area contributed by atoms with Crippen molar-refractivity contribution in [3.05, 3.63) is 48.6 Å². The van der Waals surface area contributed by atoms with Crippen molar-refractivity contribution < 1.29 is 29.0 Å². The lowest BCUT2D eigenvalue weighted by Crippen LogP contribution is -2.28. The van der Waals surface area contributed by atoms with E-state index in [1.807, 2.05) is 24.3 Å². The molecule has 0 saturated heterocycles. The molecule has 0 aromatic rings. The quantitative estimate of drug-likeness (QED) is 0.0226. The molecule has 6 heteroatoms. The number of allylic oxidation sites excluding steroid dienone is 8. The molecule has 0 radical (unpaired) electrons. The Morgan fingerprint density at radius 3 is 1.65 bits per heavy atom. The number of aliphatic hydroxyl groups excluding tert-OH is 1. The van der Waals surface area contributed by atoms with Gasteiger partial charge in [0.15, 0.2) is 11.9 Å². The second kappa shape index (κ2) is 38.8. The number of ether oxygens (including phenoxy) is 2. The highest BCUT2D eigenvalue weighted by atomic mass is 16.6. The van der Waals surface area contributed by atoms with Crippen LogP contribution in [0.25, 0.3) is 0 Å². The van der Waals surface area contributed by atoms with Gasteiger partial charge in [-0.2, -0.15) is 0 Å². The summed E-state index contributed by atoms with van der Waals surface area (Å²) in [6, 6.07) is 0. The van der Waals surface area contributed by atoms with Crippen molar-refractivity contribution in [3.8, 4) is 0 Å². The second-order valence-corrected chi connectivity index (χ2v) is 14.6. The van der Waals surface area contributed by atoms with E-state index in [2.05, 4.69) is 39.0 Å². The molecule has 1 N–H and O–H groups in total. The van der Waals surface area contributed by atoms with Gasteiger partial charge in [0, 0.05) is 19.3 Å². The molecule has 1 atom stereocenters. The summed E-state index contributed by atoms with van der Waals surface area (Å²) in [6.45, 7) is 6.29. The highest BCUT2D eigenvalue weighted by molar-refractivity contribution is 5.89. The molecular weight excluding hydrogens is 636 g/mol. The molecule has 51 heavy (non-hydrogen) atoms. The highest BCUT2D eigenvalue weighted by Gasteiger charge is 2.16. The molecule has 294 valence electrons. The summed E-state index contributed by atoms with van der Waals surface area (Å²) in [5, 5.41) is 9.56. The van der Waals surface area contributed by atoms with Crippen LogP contribution < -0.4 is 0 Å². The van der Waals surface area contributed by atoms with Gasteiger partial charge >= 0.3 is 11.9 Å². The third-order valence-corrected chi connectivity index (χ3v) is 9.03. The summed E-state index contributed by atoms with van der Waals surface area (Å²) in [6.07, 6.45) is 44.5. The Labute approximate surface area is 314 Å². The van der Waals surface area contributed by atoms with Crippen LogP contribution >= 0.6 is 0 Å². The Kier molecular flexibility index (Phi) is 36.9. The lowest BCUT2D eigenvalue weighted by Gasteiger charge is -2.15. The maximum absolute atomic E-state index is 12.2. The van der Waals surface area contributed by atoms with Crippen LogP contribution in [0.1, 0.15) is 194 Å². The molecule has 0 aromatic carbocycles. The van der Waals surface area contributed by atoms with Crippen molar-refractivity contribution in [1.29, 1.82) is 0 Å². The number of carbonyl (C=O) groups is 3. The van der Waals surface area contributed by atoms with Gasteiger partial charge in [-0.1, -0.05) is 179 Å². The van der Waals surface area contributed by atoms with Gasteiger partial charge in [0.1, 0.15) is 6.61 Å². The molecule has 0 saturated carbocycles. The molecule has 0 unspecified atom stereocenters. The van der Waals surface area contributed by atoms with Crippen LogP contribution in [0.2, 0.25) is 0 Å². The first-order chi connectivity index (χ1) is 24.9. The zero-order valence-electron chi connectivity index (χ0n) is 33.3. The molecule has 0 fully saturated rings. The average molecular weight is 715 g/mol. The lowest BCUT2D eigenvalue weighted by molar-refractivity contribution is -0.161. The molecule has 6 nitrogen and oxygen atoms in total. The standard InChI is InChI=1S/C45H78O6/c1-4-5-29-35-42(47)36-31-26-22-18-14-12-16-20-24-28-33-38-45(49)51-43(39-46)40-50-44(48)37-32-27-23-19-15-11-9-7-6-8-10-13-17-21-25-30-34-41(2)3/h12,14,20,22,24,26,31,36,41,43,46H,4-11,13,15-19,21,23,25,27-30,32-35,37-40H2,1-3H3/b14-12-,24-20-,26-22-,36-31+/t43-/m0/s1. The first-order valence-electron chi connectivity index (χ1n) is 21.0. The molecule has 0 heterocycles. The minimum absolute atomic E-state index is 0.103. The van der Waals surface area contributed by atoms with Gasteiger partial charge < -0.3 is 14.6 Å². The van der Waals surface area contributed by atoms with Gasteiger partial charge in [0.2, 0.25) is 0 Å². The monoisotopic (exact) mass is 715 g/mol. The van der Waals surface area contributed by atoms with Gasteiger partial charge in [0.05, 0.1) is 6.61 Å². The van der Waals surface area contributed by atoms with E-state index in [4.69, 9.17) is 9.47 Å². The van der Waals surface area contributed by atoms with Crippen molar-refractivity contribution in [2.75, 3.05) is 13.2 Å². The molecule has 0 rings (SSSR count). The number of rotatable bonds is 37. The van der Waals surface area contributed by atoms with E-state index in [-0.39, 0.29) is 37.4 Å². The zero-order chi connectivity index (χ0) is 37.5. The van der Waals surface area contributed by atoms with Crippen LogP contribution in [0.4, 0.5) is 0 Å². The Balaban J connectivity index is 3.66. The first-order valence-corrected chi connectivity index (χ1v) is 21.0. The number of hydrogen-bond acceptors (Lipinski definition) is 6. The number of aliphatic hydroxyl groups is 1. The molecule has 0 aromatic heterocycles. The highest BCUT2D eigenvalue weighted by Crippen LogP contribution is 2.15. The fourth-order valence-electron chi connectivity index (χ4n) is 5.80. The van der Waals surface area contributed by atoms with E-state index in [1.165, 1.54) is 89.9 Å². The van der Waals surface area contributed by atoms with Gasteiger partial charge in [-0.05, 0) is 50.5 Å². The number of hydrogen-bond donors (Lipinski definition) is 1. The third-order valence-electron chi connectivity index (χ3n) is 9.03. The molecule has 0 spiro atoms. The Morgan fingerprint density at radius 2 is 1.08 bits per heavy atom. The number of carbonyl (C=O) groups excluding carboxylic acids is 3. The molecule has 0 aliphatic heterocycles. The Morgan fingerprint density at radius 1 is 0.569 bits per heavy atom. The summed E-state index contributed by atoms with van der Waals surface area (Å²) in [4.78, 5) is 35.9. The molecule has 0 aliphatic carbocycles. The molecule has 0 bridgehead atoms. The Bertz CT molecular complexity index is 931. The van der Waals surface area contributed by atoms with Crippen molar-refractivity contribution >= 4 is 17.7 Å². The predicted molar refractivity (Wildman–Crippen MR) is 215 cm³/mol. The van der Waals surface area contributed by atoms with Gasteiger partial charge in [0.25, 0.3) is 0 Å². The van der Waals surface area contributed by atoms with E-state index in [0.717, 1.165) is 63.7 Å². The topological polar surface area (TPSA) is 89.9 Å². The summed E-state index contributed by atoms with van der Waals surface area (Å²) in [7, 11) is 0. The van der Waals surface area contributed by atoms with E-state index >= 15 is 0 Å². The van der Waals surface area contributed by atoms with Crippen molar-refractivity contribution in [1.82, 2.24) is 0 Å². The van der Waals surface area contributed by atoms with Crippen molar-refractivity contribution in [2.24, 2.45) is 5.92 Å². The minimum atomic E-state index is -0.817. The predicted octanol–water partition coefficient (Wildman–Crippen LogP) is 12.4. The third kappa shape index (κ3) is 38.6. The van der Waals surface area contributed by atoms with Gasteiger partial charge in [-0.3, -0.25) is 14.4 Å². The van der Waals surface area contributed by atoms with Crippen molar-refractivity contribution in [3.63, 3.8) is 0 Å². The van der Waals surface area contributed by atoms with Gasteiger partial charge in [-0.25, -0.2) is 0 Å². The maximum atomic E-state index is 12.2. The van der Waals surface area contributed by atoms with E-state index < -0.39 is 6.10 Å². The van der Waals surface area contributed by atoms with Crippen LogP contribution in [0.3, 0.4) is 0 Å². The number of ketones is 1. The normalized spacial score (nSPS) is 12.6. The van der Waals surface area contributed by atoms with Crippen LogP contribution in [0.5, 0.6) is 0 Å². The SMILES string of the molecule is CCCCCC(=O)/C=C/C=C\C/C=C\C/C=C\CCCC(=O)O[C@@H](CO)COC(=O)CCCCCCCCCCCCCCCCCCC(C)C. The van der Waals surface area contributed by atoms with Crippen molar-refractivity contribution in [2.45, 2.75) is 200 Å². The van der Waals surface area contributed by atoms with E-state index in [9.17, 15) is 19.5 Å². The smallest absolute Gasteiger partial charge is 0.306 e. The fourth-order valence-corrected chi connectivity index (χ4v) is 5.80. The molecule has 0 amide bonds. The second-order valence-electron chi connectivity index (χ2n) is 14.6. The summed E-state index contributed by atoms with van der Waals surface area (Å²) in [5.41, 5.74) is 0. The maximum Gasteiger partial charge on any atom is 0.306 e. The summed E-state index contributed by atoms with van der Waals surface area (Å²) >= 11 is 0. The summed E-state index contributed by atoms with van der Waals surface area (Å²) < 4.78 is 10.6. The summed E-state index contributed by atoms with van der Waals surface area (Å²) in [5.74, 6) is 0.351. The fraction of sp³-hybridized carbons (Fsp3) is 0.756. The molecule has 0 aliphatic rings. The lowest BCUT2D eigenvalue weighted by atomic mass is 10.0. The minimum Gasteiger partial charge on any atom is -0.462 e. The first kappa shape index (κ1) is 48.5. The van der Waals surface area contributed by atoms with Crippen LogP contribution in [-0.4, -0.2) is 42.1 Å². The number of unbranched alkanes of at least 4 members (excludes halogenated alkanes) is 18. The average Bonchev–Trinajstić information content (AvgIpc) is 3.11. The largest absolute Gasteiger partial charge is 0.462 e. The van der Waals surface area contributed by atoms with Crippen LogP contribution in [0, 0.1) is 5.92 Å². The van der Waals surface area contributed by atoms with Crippen LogP contribution in [0.15, 0.2) is 48.6 Å². The Hall–Kier alpha value is -2.47. The zero-order valence-corrected chi connectivity index (χ0v) is 33.3.